The van der Waals surface area contributed by atoms with Gasteiger partial charge in [0.2, 0.25) is 0 Å². The Labute approximate surface area is 76.9 Å². The van der Waals surface area contributed by atoms with E-state index in [-0.39, 0.29) is 0 Å². The van der Waals surface area contributed by atoms with Crippen LogP contribution in [-0.4, -0.2) is 7.11 Å². The summed E-state index contributed by atoms with van der Waals surface area (Å²) in [6.07, 6.45) is 4.88. The molecule has 0 aromatic carbocycles. The largest absolute Gasteiger partial charge is 0.473 e. The van der Waals surface area contributed by atoms with Crippen molar-refractivity contribution in [3.63, 3.8) is 0 Å². The zero-order valence-corrected chi connectivity index (χ0v) is 7.47. The summed E-state index contributed by atoms with van der Waals surface area (Å²) in [6, 6.07) is 7.39. The molecule has 3 heteroatoms. The molecule has 0 spiro atoms. The van der Waals surface area contributed by atoms with Crippen LogP contribution in [0.2, 0.25) is 0 Å². The molecular formula is C10H12O3. The van der Waals surface area contributed by atoms with Crippen LogP contribution >= 0.6 is 0 Å². The van der Waals surface area contributed by atoms with E-state index < -0.39 is 0 Å². The molecule has 0 atom stereocenters. The van der Waals surface area contributed by atoms with Crippen molar-refractivity contribution in [1.29, 1.82) is 0 Å². The standard InChI is InChI=1S/C6H8O2.C4H4O/c1-7-5-6-3-2-4-8-6;1-2-4-5-3-1/h2-4H,5H2,1H3;1-4H. The molecule has 0 aliphatic heterocycles. The normalized spacial score (nSPS) is 9.00. The summed E-state index contributed by atoms with van der Waals surface area (Å²) in [5.41, 5.74) is 0. The Morgan fingerprint density at radius 3 is 2.31 bits per heavy atom. The van der Waals surface area contributed by atoms with Crippen molar-refractivity contribution in [2.24, 2.45) is 0 Å². The fourth-order valence-corrected chi connectivity index (χ4v) is 0.764. The van der Waals surface area contributed by atoms with Crippen molar-refractivity contribution < 1.29 is 13.6 Å². The molecule has 3 nitrogen and oxygen atoms in total. The minimum Gasteiger partial charge on any atom is -0.473 e. The maximum Gasteiger partial charge on any atom is 0.129 e. The molecule has 13 heavy (non-hydrogen) atoms. The lowest BCUT2D eigenvalue weighted by Crippen LogP contribution is -1.80. The molecule has 70 valence electrons. The molecule has 2 aromatic rings. The van der Waals surface area contributed by atoms with Gasteiger partial charge in [0, 0.05) is 7.11 Å². The smallest absolute Gasteiger partial charge is 0.129 e. The van der Waals surface area contributed by atoms with Gasteiger partial charge in [-0.3, -0.25) is 0 Å². The minimum absolute atomic E-state index is 0.562. The Bertz CT molecular complexity index is 254. The Kier molecular flexibility index (Phi) is 4.49. The summed E-state index contributed by atoms with van der Waals surface area (Å²) in [5, 5.41) is 0. The SMILES string of the molecule is COCc1ccco1.c1ccoc1. The van der Waals surface area contributed by atoms with Gasteiger partial charge in [0.05, 0.1) is 18.8 Å². The lowest BCUT2D eigenvalue weighted by atomic mass is 10.5. The first kappa shape index (κ1) is 9.61. The summed E-state index contributed by atoms with van der Waals surface area (Å²) in [7, 11) is 1.64. The maximum absolute atomic E-state index is 4.95. The summed E-state index contributed by atoms with van der Waals surface area (Å²) < 4.78 is 14.3. The molecule has 0 bridgehead atoms. The molecule has 0 fully saturated rings. The maximum atomic E-state index is 4.95. The molecule has 2 aromatic heterocycles. The predicted octanol–water partition coefficient (Wildman–Crippen LogP) is 2.71. The monoisotopic (exact) mass is 180 g/mol. The highest BCUT2D eigenvalue weighted by atomic mass is 16.5. The van der Waals surface area contributed by atoms with E-state index in [1.165, 1.54) is 0 Å². The van der Waals surface area contributed by atoms with Crippen LogP contribution in [0.1, 0.15) is 5.76 Å². The average Bonchev–Trinajstić information content (AvgIpc) is 2.79. The van der Waals surface area contributed by atoms with Gasteiger partial charge in [-0.2, -0.15) is 0 Å². The molecule has 0 aliphatic carbocycles. The average molecular weight is 180 g/mol. The van der Waals surface area contributed by atoms with Gasteiger partial charge in [-0.15, -0.1) is 0 Å². The number of furan rings is 2. The summed E-state index contributed by atoms with van der Waals surface area (Å²) in [4.78, 5) is 0. The van der Waals surface area contributed by atoms with Crippen LogP contribution in [0.5, 0.6) is 0 Å². The van der Waals surface area contributed by atoms with Crippen molar-refractivity contribution in [3.05, 3.63) is 48.8 Å². The first-order chi connectivity index (χ1) is 6.43. The third-order valence-corrected chi connectivity index (χ3v) is 1.29. The van der Waals surface area contributed by atoms with Crippen molar-refractivity contribution >= 4 is 0 Å². The topological polar surface area (TPSA) is 35.5 Å². The fourth-order valence-electron chi connectivity index (χ4n) is 0.764. The molecule has 0 saturated heterocycles. The van der Waals surface area contributed by atoms with Gasteiger partial charge in [-0.1, -0.05) is 0 Å². The molecule has 0 saturated carbocycles. The van der Waals surface area contributed by atoms with Gasteiger partial charge in [0.15, 0.2) is 0 Å². The first-order valence-corrected chi connectivity index (χ1v) is 3.92. The zero-order chi connectivity index (χ0) is 9.36. The second-order valence-electron chi connectivity index (χ2n) is 2.31. The van der Waals surface area contributed by atoms with E-state index in [1.807, 2.05) is 24.3 Å². The van der Waals surface area contributed by atoms with Crippen molar-refractivity contribution in [2.45, 2.75) is 6.61 Å². The van der Waals surface area contributed by atoms with Gasteiger partial charge in [0.1, 0.15) is 12.4 Å². The number of rotatable bonds is 2. The first-order valence-electron chi connectivity index (χ1n) is 3.92. The molecule has 2 rings (SSSR count). The lowest BCUT2D eigenvalue weighted by Gasteiger charge is -1.88. The Morgan fingerprint density at radius 2 is 1.92 bits per heavy atom. The molecule has 0 amide bonds. The Hall–Kier alpha value is -1.48. The molecule has 0 aliphatic rings. The Morgan fingerprint density at radius 1 is 1.15 bits per heavy atom. The Balaban J connectivity index is 0.000000145. The van der Waals surface area contributed by atoms with Crippen LogP contribution in [0.4, 0.5) is 0 Å². The molecular weight excluding hydrogens is 168 g/mol. The molecule has 2 heterocycles. The fraction of sp³-hybridized carbons (Fsp3) is 0.200. The number of hydrogen-bond acceptors (Lipinski definition) is 3. The molecule has 0 unspecified atom stereocenters. The van der Waals surface area contributed by atoms with Gasteiger partial charge in [-0.25, -0.2) is 0 Å². The van der Waals surface area contributed by atoms with Gasteiger partial charge >= 0.3 is 0 Å². The van der Waals surface area contributed by atoms with Crippen molar-refractivity contribution in [2.75, 3.05) is 7.11 Å². The third-order valence-electron chi connectivity index (χ3n) is 1.29. The quantitative estimate of drug-likeness (QED) is 0.712. The summed E-state index contributed by atoms with van der Waals surface area (Å²) >= 11 is 0. The summed E-state index contributed by atoms with van der Waals surface area (Å²) in [5.74, 6) is 0.868. The van der Waals surface area contributed by atoms with Gasteiger partial charge in [0.25, 0.3) is 0 Å². The van der Waals surface area contributed by atoms with E-state index in [2.05, 4.69) is 4.42 Å². The van der Waals surface area contributed by atoms with Gasteiger partial charge in [-0.05, 0) is 24.3 Å². The minimum atomic E-state index is 0.562. The van der Waals surface area contributed by atoms with Crippen molar-refractivity contribution in [1.82, 2.24) is 0 Å². The molecule has 0 radical (unpaired) electrons. The van der Waals surface area contributed by atoms with E-state index in [4.69, 9.17) is 9.15 Å². The van der Waals surface area contributed by atoms with Crippen LogP contribution < -0.4 is 0 Å². The van der Waals surface area contributed by atoms with E-state index in [0.717, 1.165) is 5.76 Å². The zero-order valence-electron chi connectivity index (χ0n) is 7.47. The highest BCUT2D eigenvalue weighted by Gasteiger charge is 1.89. The van der Waals surface area contributed by atoms with E-state index in [1.54, 1.807) is 25.9 Å². The number of methoxy groups -OCH3 is 1. The van der Waals surface area contributed by atoms with E-state index >= 15 is 0 Å². The van der Waals surface area contributed by atoms with Crippen LogP contribution in [0, 0.1) is 0 Å². The predicted molar refractivity (Wildman–Crippen MR) is 48.1 cm³/mol. The highest BCUT2D eigenvalue weighted by Crippen LogP contribution is 1.99. The van der Waals surface area contributed by atoms with E-state index in [0.29, 0.717) is 6.61 Å². The van der Waals surface area contributed by atoms with E-state index in [9.17, 15) is 0 Å². The third kappa shape index (κ3) is 4.18. The van der Waals surface area contributed by atoms with Crippen molar-refractivity contribution in [3.8, 4) is 0 Å². The lowest BCUT2D eigenvalue weighted by molar-refractivity contribution is 0.164. The van der Waals surface area contributed by atoms with Crippen LogP contribution in [0.25, 0.3) is 0 Å². The number of ether oxygens (including phenoxy) is 1. The summed E-state index contributed by atoms with van der Waals surface area (Å²) in [6.45, 7) is 0.562. The van der Waals surface area contributed by atoms with Gasteiger partial charge < -0.3 is 13.6 Å². The number of hydrogen-bond donors (Lipinski definition) is 0. The second-order valence-corrected chi connectivity index (χ2v) is 2.31. The highest BCUT2D eigenvalue weighted by molar-refractivity contribution is 4.95. The van der Waals surface area contributed by atoms with Crippen LogP contribution in [-0.2, 0) is 11.3 Å². The van der Waals surface area contributed by atoms with Crippen LogP contribution in [0.15, 0.2) is 51.9 Å². The second kappa shape index (κ2) is 6.08. The van der Waals surface area contributed by atoms with Crippen LogP contribution in [0.3, 0.4) is 0 Å². The molecule has 0 N–H and O–H groups in total.